The smallest absolute Gasteiger partial charge is 0.416 e. The van der Waals surface area contributed by atoms with Crippen LogP contribution in [0.25, 0.3) is 11.3 Å². The number of hydrogen-bond acceptors (Lipinski definition) is 4. The molecule has 9 heteroatoms. The van der Waals surface area contributed by atoms with Gasteiger partial charge in [0.05, 0.1) is 23.4 Å². The van der Waals surface area contributed by atoms with Gasteiger partial charge in [-0.05, 0) is 24.3 Å². The third kappa shape index (κ3) is 3.48. The van der Waals surface area contributed by atoms with E-state index in [-0.39, 0.29) is 27.5 Å². The lowest BCUT2D eigenvalue weighted by Gasteiger charge is -2.12. The molecule has 0 saturated heterocycles. The van der Waals surface area contributed by atoms with Gasteiger partial charge < -0.3 is 10.5 Å². The first kappa shape index (κ1) is 17.7. The van der Waals surface area contributed by atoms with Crippen molar-refractivity contribution in [3.05, 3.63) is 52.2 Å². The van der Waals surface area contributed by atoms with E-state index >= 15 is 0 Å². The van der Waals surface area contributed by atoms with Gasteiger partial charge in [-0.2, -0.15) is 13.2 Å². The van der Waals surface area contributed by atoms with Gasteiger partial charge in [0.1, 0.15) is 0 Å². The minimum atomic E-state index is -4.63. The van der Waals surface area contributed by atoms with Gasteiger partial charge in [0.2, 0.25) is 5.91 Å². The number of carbonyl (C=O) groups excluding carboxylic acids is 2. The first-order chi connectivity index (χ1) is 11.1. The Bertz CT molecular complexity index is 822. The Balaban J connectivity index is 2.64. The second-order valence-corrected chi connectivity index (χ2v) is 5.05. The molecule has 0 aliphatic carbocycles. The van der Waals surface area contributed by atoms with Gasteiger partial charge in [-0.25, -0.2) is 9.78 Å². The van der Waals surface area contributed by atoms with Crippen LogP contribution in [-0.4, -0.2) is 24.0 Å². The molecule has 0 aliphatic rings. The molecule has 24 heavy (non-hydrogen) atoms. The number of nitrogens with zero attached hydrogens (tertiary/aromatic N) is 1. The van der Waals surface area contributed by atoms with Crippen LogP contribution in [0.5, 0.6) is 0 Å². The number of halogens is 4. The summed E-state index contributed by atoms with van der Waals surface area (Å²) in [5, 5.41) is -0.00173. The average Bonchev–Trinajstić information content (AvgIpc) is 2.53. The number of methoxy groups -OCH3 is 1. The number of rotatable bonds is 3. The van der Waals surface area contributed by atoms with Crippen LogP contribution in [0.15, 0.2) is 30.3 Å². The number of hydrogen-bond donors (Lipinski definition) is 1. The Labute approximate surface area is 139 Å². The maximum Gasteiger partial charge on any atom is 0.416 e. The second kappa shape index (κ2) is 6.48. The van der Waals surface area contributed by atoms with E-state index in [4.69, 9.17) is 17.3 Å². The summed E-state index contributed by atoms with van der Waals surface area (Å²) in [6.45, 7) is 0. The maximum atomic E-state index is 12.8. The molecule has 1 heterocycles. The Kier molecular flexibility index (Phi) is 4.79. The van der Waals surface area contributed by atoms with Crippen molar-refractivity contribution >= 4 is 23.5 Å². The molecule has 1 aromatic heterocycles. The topological polar surface area (TPSA) is 82.3 Å². The Morgan fingerprint density at radius 2 is 1.88 bits per heavy atom. The molecule has 2 rings (SSSR count). The zero-order chi connectivity index (χ0) is 18.1. The molecule has 0 unspecified atom stereocenters. The van der Waals surface area contributed by atoms with Crippen molar-refractivity contribution < 1.29 is 27.5 Å². The number of nitrogens with two attached hydrogens (primary N) is 1. The van der Waals surface area contributed by atoms with Crippen molar-refractivity contribution in [1.29, 1.82) is 0 Å². The largest absolute Gasteiger partial charge is 0.464 e. The normalized spacial score (nSPS) is 11.2. The molecule has 0 fully saturated rings. The quantitative estimate of drug-likeness (QED) is 0.853. The fourth-order valence-corrected chi connectivity index (χ4v) is 2.16. The SMILES string of the molecule is COC(=O)c1nc(-c2ccc(C(F)(F)F)cc2C(N)=O)ccc1Cl. The summed E-state index contributed by atoms with van der Waals surface area (Å²) >= 11 is 5.84. The number of esters is 1. The highest BCUT2D eigenvalue weighted by Crippen LogP contribution is 2.33. The van der Waals surface area contributed by atoms with Crippen molar-refractivity contribution in [2.24, 2.45) is 5.73 Å². The molecule has 0 bridgehead atoms. The lowest BCUT2D eigenvalue weighted by molar-refractivity contribution is -0.137. The molecular formula is C15H10ClF3N2O3. The van der Waals surface area contributed by atoms with Gasteiger partial charge in [0.15, 0.2) is 5.69 Å². The molecule has 5 nitrogen and oxygen atoms in total. The minimum absolute atomic E-state index is 0.00173. The van der Waals surface area contributed by atoms with Crippen molar-refractivity contribution in [1.82, 2.24) is 4.98 Å². The van der Waals surface area contributed by atoms with E-state index in [1.54, 1.807) is 0 Å². The summed E-state index contributed by atoms with van der Waals surface area (Å²) in [6, 6.07) is 5.14. The molecule has 1 amide bonds. The van der Waals surface area contributed by atoms with Crippen LogP contribution in [0.2, 0.25) is 5.02 Å². The average molecular weight is 359 g/mol. The Morgan fingerprint density at radius 3 is 2.42 bits per heavy atom. The number of pyridine rings is 1. The van der Waals surface area contributed by atoms with Crippen LogP contribution in [-0.2, 0) is 10.9 Å². The molecule has 2 aromatic rings. The molecule has 2 N–H and O–H groups in total. The molecule has 0 aliphatic heterocycles. The van der Waals surface area contributed by atoms with E-state index < -0.39 is 23.6 Å². The zero-order valence-corrected chi connectivity index (χ0v) is 12.9. The predicted molar refractivity (Wildman–Crippen MR) is 79.5 cm³/mol. The number of aromatic nitrogens is 1. The number of alkyl halides is 3. The monoisotopic (exact) mass is 358 g/mol. The molecule has 0 radical (unpaired) electrons. The highest BCUT2D eigenvalue weighted by Gasteiger charge is 2.32. The van der Waals surface area contributed by atoms with Gasteiger partial charge in [0, 0.05) is 11.1 Å². The van der Waals surface area contributed by atoms with E-state index in [2.05, 4.69) is 9.72 Å². The van der Waals surface area contributed by atoms with Crippen molar-refractivity contribution in [2.75, 3.05) is 7.11 Å². The highest BCUT2D eigenvalue weighted by molar-refractivity contribution is 6.33. The summed E-state index contributed by atoms with van der Waals surface area (Å²) in [4.78, 5) is 27.1. The summed E-state index contributed by atoms with van der Waals surface area (Å²) in [5.74, 6) is -1.89. The Morgan fingerprint density at radius 1 is 1.21 bits per heavy atom. The fraction of sp³-hybridized carbons (Fsp3) is 0.133. The van der Waals surface area contributed by atoms with Gasteiger partial charge in [-0.15, -0.1) is 0 Å². The third-order valence-electron chi connectivity index (χ3n) is 3.11. The van der Waals surface area contributed by atoms with Crippen molar-refractivity contribution in [3.8, 4) is 11.3 Å². The van der Waals surface area contributed by atoms with E-state index in [1.807, 2.05) is 0 Å². The van der Waals surface area contributed by atoms with Gasteiger partial charge in [-0.1, -0.05) is 17.7 Å². The van der Waals surface area contributed by atoms with Crippen LogP contribution in [0.4, 0.5) is 13.2 Å². The summed E-state index contributed by atoms with van der Waals surface area (Å²) in [5.41, 5.74) is 3.63. The molecular weight excluding hydrogens is 349 g/mol. The maximum absolute atomic E-state index is 12.8. The molecule has 0 saturated carbocycles. The number of benzene rings is 1. The molecule has 0 spiro atoms. The highest BCUT2D eigenvalue weighted by atomic mass is 35.5. The van der Waals surface area contributed by atoms with Crippen molar-refractivity contribution in [2.45, 2.75) is 6.18 Å². The van der Waals surface area contributed by atoms with Crippen LogP contribution in [0, 0.1) is 0 Å². The van der Waals surface area contributed by atoms with E-state index in [9.17, 15) is 22.8 Å². The molecule has 126 valence electrons. The van der Waals surface area contributed by atoms with E-state index in [0.717, 1.165) is 19.2 Å². The van der Waals surface area contributed by atoms with Crippen LogP contribution >= 0.6 is 11.6 Å². The second-order valence-electron chi connectivity index (χ2n) is 4.64. The lowest BCUT2D eigenvalue weighted by atomic mass is 10.00. The van der Waals surface area contributed by atoms with Crippen LogP contribution < -0.4 is 5.73 Å². The molecule has 0 atom stereocenters. The first-order valence-corrected chi connectivity index (χ1v) is 6.79. The van der Waals surface area contributed by atoms with Gasteiger partial charge in [0.25, 0.3) is 0 Å². The summed E-state index contributed by atoms with van der Waals surface area (Å²) < 4.78 is 42.9. The third-order valence-corrected chi connectivity index (χ3v) is 3.42. The van der Waals surface area contributed by atoms with E-state index in [0.29, 0.717) is 6.07 Å². The van der Waals surface area contributed by atoms with Gasteiger partial charge in [-0.3, -0.25) is 4.79 Å². The Hall–Kier alpha value is -2.61. The fourth-order valence-electron chi connectivity index (χ4n) is 1.98. The van der Waals surface area contributed by atoms with E-state index in [1.165, 1.54) is 12.1 Å². The summed E-state index contributed by atoms with van der Waals surface area (Å²) in [6.07, 6.45) is -4.63. The minimum Gasteiger partial charge on any atom is -0.464 e. The number of ether oxygens (including phenoxy) is 1. The van der Waals surface area contributed by atoms with Crippen LogP contribution in [0.1, 0.15) is 26.4 Å². The van der Waals surface area contributed by atoms with Crippen molar-refractivity contribution in [3.63, 3.8) is 0 Å². The van der Waals surface area contributed by atoms with Crippen LogP contribution in [0.3, 0.4) is 0 Å². The predicted octanol–water partition coefficient (Wildman–Crippen LogP) is 3.31. The number of amides is 1. The number of primary amides is 1. The first-order valence-electron chi connectivity index (χ1n) is 6.41. The number of carbonyl (C=O) groups is 2. The lowest BCUT2D eigenvalue weighted by Crippen LogP contribution is -2.15. The summed E-state index contributed by atoms with van der Waals surface area (Å²) in [7, 11) is 1.12. The van der Waals surface area contributed by atoms with Gasteiger partial charge >= 0.3 is 12.1 Å². The zero-order valence-electron chi connectivity index (χ0n) is 12.1. The standard InChI is InChI=1S/C15H10ClF3N2O3/c1-24-14(23)12-10(16)4-5-11(21-12)8-3-2-7(15(17,18)19)6-9(8)13(20)22/h2-6H,1H3,(H2,20,22). The molecule has 1 aromatic carbocycles.